The van der Waals surface area contributed by atoms with Crippen molar-refractivity contribution in [3.05, 3.63) is 65.7 Å². The standard InChI is InChI=1S/C16H15N3O.C10H16O4S/c1-19-13-10-6-5-9-12(13)14(18-15(17)16(19)20)11-7-3-2-4-8-11;1-9(2)7-3-4-10(9,8(11)5-7)6-15(12,13)14/h2-10,15H,17H2,1H3;7H,3-6H2,1-2H3,(H,12,13,14)/t15-;/m0./s1. The average molecular weight is 498 g/mol. The molecule has 5 rings (SSSR count). The molecule has 2 aromatic rings. The summed E-state index contributed by atoms with van der Waals surface area (Å²) in [5.41, 5.74) is 8.24. The summed E-state index contributed by atoms with van der Waals surface area (Å²) in [4.78, 5) is 30.0. The fraction of sp³-hybridized carbons (Fsp3) is 0.423. The minimum absolute atomic E-state index is 0.0152. The van der Waals surface area contributed by atoms with Crippen molar-refractivity contribution in [2.75, 3.05) is 17.7 Å². The molecule has 0 radical (unpaired) electrons. The number of benzene rings is 2. The molecule has 186 valence electrons. The van der Waals surface area contributed by atoms with E-state index < -0.39 is 27.5 Å². The molecule has 9 heteroatoms. The van der Waals surface area contributed by atoms with Crippen LogP contribution in [0.2, 0.25) is 0 Å². The number of anilines is 1. The van der Waals surface area contributed by atoms with Crippen LogP contribution in [0.1, 0.15) is 44.2 Å². The lowest BCUT2D eigenvalue weighted by atomic mass is 9.70. The second kappa shape index (κ2) is 8.96. The van der Waals surface area contributed by atoms with Gasteiger partial charge in [0.15, 0.2) is 6.17 Å². The summed E-state index contributed by atoms with van der Waals surface area (Å²) >= 11 is 0. The van der Waals surface area contributed by atoms with Crippen LogP contribution in [-0.2, 0) is 19.7 Å². The van der Waals surface area contributed by atoms with E-state index in [0.29, 0.717) is 12.8 Å². The second-order valence-corrected chi connectivity index (χ2v) is 11.5. The molecule has 2 aromatic carbocycles. The smallest absolute Gasteiger partial charge is 0.266 e. The van der Waals surface area contributed by atoms with Gasteiger partial charge in [0.2, 0.25) is 0 Å². The maximum Gasteiger partial charge on any atom is 0.266 e. The minimum Gasteiger partial charge on any atom is -0.312 e. The largest absolute Gasteiger partial charge is 0.312 e. The number of fused-ring (bicyclic) bond motifs is 3. The monoisotopic (exact) mass is 497 g/mol. The van der Waals surface area contributed by atoms with Crippen LogP contribution >= 0.6 is 0 Å². The highest BCUT2D eigenvalue weighted by Crippen LogP contribution is 2.64. The molecule has 35 heavy (non-hydrogen) atoms. The van der Waals surface area contributed by atoms with Gasteiger partial charge in [0.05, 0.1) is 22.6 Å². The number of ketones is 1. The topological polar surface area (TPSA) is 130 Å². The summed E-state index contributed by atoms with van der Waals surface area (Å²) in [5.74, 6) is -0.306. The highest BCUT2D eigenvalue weighted by molar-refractivity contribution is 7.85. The van der Waals surface area contributed by atoms with Crippen LogP contribution in [0, 0.1) is 16.7 Å². The maximum atomic E-state index is 12.2. The van der Waals surface area contributed by atoms with Gasteiger partial charge in [-0.15, -0.1) is 0 Å². The van der Waals surface area contributed by atoms with Gasteiger partial charge in [0, 0.05) is 24.6 Å². The summed E-state index contributed by atoms with van der Waals surface area (Å²) in [6.45, 7) is 3.89. The Morgan fingerprint density at radius 3 is 2.29 bits per heavy atom. The van der Waals surface area contributed by atoms with E-state index in [1.165, 1.54) is 0 Å². The Labute approximate surface area is 206 Å². The second-order valence-electron chi connectivity index (χ2n) is 10.1. The quantitative estimate of drug-likeness (QED) is 0.627. The molecule has 1 aliphatic heterocycles. The minimum atomic E-state index is -4.08. The van der Waals surface area contributed by atoms with Gasteiger partial charge in [-0.3, -0.25) is 19.1 Å². The van der Waals surface area contributed by atoms with E-state index in [1.807, 2.05) is 68.4 Å². The first-order valence-corrected chi connectivity index (χ1v) is 13.2. The molecule has 1 amide bonds. The number of benzodiazepines with no additional fused rings is 1. The predicted molar refractivity (Wildman–Crippen MR) is 135 cm³/mol. The number of carbonyl (C=O) groups excluding carboxylic acids is 2. The number of nitrogens with zero attached hydrogens (tertiary/aromatic N) is 2. The third-order valence-corrected chi connectivity index (χ3v) is 8.85. The fourth-order valence-corrected chi connectivity index (χ4v) is 7.09. The van der Waals surface area contributed by atoms with Crippen molar-refractivity contribution in [3.8, 4) is 0 Å². The number of hydrogen-bond donors (Lipinski definition) is 2. The molecule has 3 atom stereocenters. The van der Waals surface area contributed by atoms with E-state index >= 15 is 0 Å². The first kappa shape index (κ1) is 25.2. The van der Waals surface area contributed by atoms with Crippen molar-refractivity contribution < 1.29 is 22.6 Å². The summed E-state index contributed by atoms with van der Waals surface area (Å²) in [5, 5.41) is 0. The Morgan fingerprint density at radius 1 is 1.09 bits per heavy atom. The molecule has 8 nitrogen and oxygen atoms in total. The molecule has 0 spiro atoms. The lowest BCUT2D eigenvalue weighted by Gasteiger charge is -2.35. The first-order valence-electron chi connectivity index (χ1n) is 11.6. The zero-order chi connectivity index (χ0) is 25.6. The van der Waals surface area contributed by atoms with Gasteiger partial charge < -0.3 is 10.6 Å². The summed E-state index contributed by atoms with van der Waals surface area (Å²) < 4.78 is 31.0. The van der Waals surface area contributed by atoms with Crippen LogP contribution in [0.3, 0.4) is 0 Å². The van der Waals surface area contributed by atoms with E-state index in [0.717, 1.165) is 28.9 Å². The van der Waals surface area contributed by atoms with Crippen molar-refractivity contribution in [2.24, 2.45) is 27.5 Å². The molecular formula is C26H31N3O5S. The highest BCUT2D eigenvalue weighted by Gasteiger charge is 2.65. The van der Waals surface area contributed by atoms with Gasteiger partial charge in [0.25, 0.3) is 16.0 Å². The van der Waals surface area contributed by atoms with Crippen molar-refractivity contribution >= 4 is 33.2 Å². The third-order valence-electron chi connectivity index (χ3n) is 7.99. The zero-order valence-electron chi connectivity index (χ0n) is 20.1. The zero-order valence-corrected chi connectivity index (χ0v) is 21.0. The molecule has 0 aromatic heterocycles. The van der Waals surface area contributed by atoms with Gasteiger partial charge >= 0.3 is 0 Å². The molecule has 2 saturated carbocycles. The maximum absolute atomic E-state index is 12.2. The number of rotatable bonds is 3. The van der Waals surface area contributed by atoms with Crippen LogP contribution in [-0.4, -0.2) is 49.3 Å². The average Bonchev–Trinajstić information content (AvgIpc) is 3.11. The Bertz CT molecular complexity index is 1290. The molecule has 0 saturated heterocycles. The van der Waals surface area contributed by atoms with Gasteiger partial charge in [-0.1, -0.05) is 62.4 Å². The Kier molecular flexibility index (Phi) is 6.46. The Hall–Kier alpha value is -2.88. The Balaban J connectivity index is 0.000000172. The SMILES string of the molecule is CC1(C)C2CCC1(CS(=O)(=O)O)C(=O)C2.CN1C(=O)[C@@H](N)N=C(c2ccccc2)c2ccccc21. The molecule has 2 unspecified atom stereocenters. The van der Waals surface area contributed by atoms with E-state index in [4.69, 9.17) is 10.3 Å². The molecule has 3 aliphatic rings. The predicted octanol–water partition coefficient (Wildman–Crippen LogP) is 3.05. The number of carbonyl (C=O) groups is 2. The van der Waals surface area contributed by atoms with Crippen molar-refractivity contribution in [1.29, 1.82) is 0 Å². The summed E-state index contributed by atoms with van der Waals surface area (Å²) in [6, 6.07) is 17.5. The lowest BCUT2D eigenvalue weighted by Crippen LogP contribution is -2.42. The number of para-hydroxylation sites is 1. The van der Waals surface area contributed by atoms with Crippen LogP contribution in [0.5, 0.6) is 0 Å². The number of likely N-dealkylation sites (N-methyl/N-ethyl adjacent to an activating group) is 1. The molecule has 3 N–H and O–H groups in total. The van der Waals surface area contributed by atoms with E-state index in [-0.39, 0.29) is 23.0 Å². The van der Waals surface area contributed by atoms with Crippen LogP contribution < -0.4 is 10.6 Å². The first-order chi connectivity index (χ1) is 16.4. The van der Waals surface area contributed by atoms with Gasteiger partial charge in [-0.05, 0) is 30.2 Å². The highest BCUT2D eigenvalue weighted by atomic mass is 32.2. The number of aliphatic imine (C=N–C) groups is 1. The van der Waals surface area contributed by atoms with E-state index in [9.17, 15) is 18.0 Å². The van der Waals surface area contributed by atoms with Crippen molar-refractivity contribution in [2.45, 2.75) is 39.3 Å². The van der Waals surface area contributed by atoms with Crippen molar-refractivity contribution in [3.63, 3.8) is 0 Å². The fourth-order valence-electron chi connectivity index (χ4n) is 5.79. The lowest BCUT2D eigenvalue weighted by molar-refractivity contribution is -0.128. The number of amides is 1. The molecular weight excluding hydrogens is 466 g/mol. The van der Waals surface area contributed by atoms with Crippen LogP contribution in [0.15, 0.2) is 59.6 Å². The van der Waals surface area contributed by atoms with Gasteiger partial charge in [-0.25, -0.2) is 0 Å². The normalized spacial score (nSPS) is 27.0. The van der Waals surface area contributed by atoms with Gasteiger partial charge in [-0.2, -0.15) is 8.42 Å². The summed E-state index contributed by atoms with van der Waals surface area (Å²) in [6.07, 6.45) is 1.10. The Morgan fingerprint density at radius 2 is 1.71 bits per heavy atom. The third kappa shape index (κ3) is 4.44. The summed E-state index contributed by atoms with van der Waals surface area (Å²) in [7, 11) is -2.35. The molecule has 1 heterocycles. The van der Waals surface area contributed by atoms with E-state index in [1.54, 1.807) is 11.9 Å². The number of hydrogen-bond acceptors (Lipinski definition) is 6. The molecule has 2 bridgehead atoms. The van der Waals surface area contributed by atoms with Crippen LogP contribution in [0.25, 0.3) is 0 Å². The number of nitrogens with two attached hydrogens (primary N) is 1. The van der Waals surface area contributed by atoms with Crippen LogP contribution in [0.4, 0.5) is 5.69 Å². The number of Topliss-reactive ketones (excluding diaryl/α,β-unsaturated/α-hetero) is 1. The van der Waals surface area contributed by atoms with Crippen molar-refractivity contribution in [1.82, 2.24) is 0 Å². The molecule has 2 aliphatic carbocycles. The van der Waals surface area contributed by atoms with Gasteiger partial charge in [0.1, 0.15) is 5.78 Å². The molecule has 2 fully saturated rings. The van der Waals surface area contributed by atoms with E-state index in [2.05, 4.69) is 4.99 Å².